The van der Waals surface area contributed by atoms with Gasteiger partial charge in [0.05, 0.1) is 25.4 Å². The van der Waals surface area contributed by atoms with Crippen LogP contribution in [0.1, 0.15) is 31.1 Å². The van der Waals surface area contributed by atoms with Crippen molar-refractivity contribution < 1.29 is 23.7 Å². The van der Waals surface area contributed by atoms with Gasteiger partial charge in [0, 0.05) is 0 Å². The highest BCUT2D eigenvalue weighted by Gasteiger charge is 2.38. The van der Waals surface area contributed by atoms with Gasteiger partial charge < -0.3 is 4.74 Å². The molecule has 0 heterocycles. The monoisotopic (exact) mass is 268 g/mol. The van der Waals surface area contributed by atoms with E-state index in [1.165, 1.54) is 0 Å². The second kappa shape index (κ2) is 7.89. The number of rotatable bonds is 8. The average Bonchev–Trinajstić information content (AvgIpc) is 2.40. The number of carbonyl (C=O) groups excluding carboxylic acids is 1. The van der Waals surface area contributed by atoms with Crippen molar-refractivity contribution >= 4 is 5.97 Å². The molecule has 0 saturated heterocycles. The molecule has 0 N–H and O–H groups in total. The topological polar surface area (TPSA) is 54.0 Å². The largest absolute Gasteiger partial charge is 0.463 e. The molecule has 5 heteroatoms. The van der Waals surface area contributed by atoms with Crippen molar-refractivity contribution in [3.8, 4) is 0 Å². The van der Waals surface area contributed by atoms with Crippen molar-refractivity contribution in [3.63, 3.8) is 0 Å². The first kappa shape index (κ1) is 15.6. The van der Waals surface area contributed by atoms with Gasteiger partial charge in [0.15, 0.2) is 0 Å². The second-order valence-corrected chi connectivity index (χ2v) is 3.55. The summed E-state index contributed by atoms with van der Waals surface area (Å²) >= 11 is 0. The molecule has 0 fully saturated rings. The Balaban J connectivity index is 2.83. The fraction of sp³-hybridized carbons (Fsp3) is 0.500. The van der Waals surface area contributed by atoms with E-state index in [2.05, 4.69) is 0 Å². The molecule has 0 aromatic heterocycles. The fourth-order valence-electron chi connectivity index (χ4n) is 1.49. The summed E-state index contributed by atoms with van der Waals surface area (Å²) in [6, 6.07) is 8.62. The molecular weight excluding hydrogens is 248 g/mol. The SMILES string of the molecule is CCOC(OCC)(OCC)OC(=O)c1ccccc1. The van der Waals surface area contributed by atoms with Crippen LogP contribution in [0.2, 0.25) is 0 Å². The summed E-state index contributed by atoms with van der Waals surface area (Å²) in [4.78, 5) is 12.0. The van der Waals surface area contributed by atoms with Gasteiger partial charge in [0.25, 0.3) is 0 Å². The first-order valence-corrected chi connectivity index (χ1v) is 6.37. The normalized spacial score (nSPS) is 11.3. The fourth-order valence-corrected chi connectivity index (χ4v) is 1.49. The molecule has 0 amide bonds. The summed E-state index contributed by atoms with van der Waals surface area (Å²) in [5.74, 6) is -0.559. The third kappa shape index (κ3) is 4.63. The predicted octanol–water partition coefficient (Wildman–Crippen LogP) is 2.56. The zero-order chi connectivity index (χ0) is 14.1. The first-order valence-electron chi connectivity index (χ1n) is 6.37. The Hall–Kier alpha value is -1.43. The van der Waals surface area contributed by atoms with E-state index >= 15 is 0 Å². The van der Waals surface area contributed by atoms with Gasteiger partial charge in [-0.05, 0) is 32.9 Å². The van der Waals surface area contributed by atoms with Gasteiger partial charge in [-0.25, -0.2) is 4.79 Å². The van der Waals surface area contributed by atoms with Crippen LogP contribution in [0.3, 0.4) is 0 Å². The molecule has 0 atom stereocenters. The molecular formula is C14H20O5. The standard InChI is InChI=1S/C14H20O5/c1-4-16-14(17-5-2,18-6-3)19-13(15)12-10-8-7-9-11-12/h7-11H,4-6H2,1-3H3. The number of carbonyl (C=O) groups is 1. The molecule has 1 aromatic rings. The number of esters is 1. The van der Waals surface area contributed by atoms with Gasteiger partial charge in [-0.2, -0.15) is 0 Å². The highest BCUT2D eigenvalue weighted by Crippen LogP contribution is 2.20. The Morgan fingerprint density at radius 3 is 1.84 bits per heavy atom. The Bertz CT molecular complexity index is 360. The quantitative estimate of drug-likeness (QED) is 0.535. The van der Waals surface area contributed by atoms with Gasteiger partial charge in [-0.15, -0.1) is 0 Å². The molecule has 0 aliphatic heterocycles. The highest BCUT2D eigenvalue weighted by molar-refractivity contribution is 5.89. The van der Waals surface area contributed by atoms with Crippen LogP contribution in [0.4, 0.5) is 0 Å². The molecule has 0 bridgehead atoms. The number of benzene rings is 1. The Kier molecular flexibility index (Phi) is 6.49. The van der Waals surface area contributed by atoms with Gasteiger partial charge in [-0.1, -0.05) is 18.2 Å². The van der Waals surface area contributed by atoms with Crippen molar-refractivity contribution in [1.82, 2.24) is 0 Å². The maximum absolute atomic E-state index is 12.0. The average molecular weight is 268 g/mol. The van der Waals surface area contributed by atoms with Crippen LogP contribution in [-0.2, 0) is 18.9 Å². The molecule has 0 spiro atoms. The van der Waals surface area contributed by atoms with E-state index < -0.39 is 12.1 Å². The van der Waals surface area contributed by atoms with Crippen LogP contribution < -0.4 is 0 Å². The molecule has 0 unspecified atom stereocenters. The third-order valence-electron chi connectivity index (χ3n) is 2.19. The van der Waals surface area contributed by atoms with E-state index in [9.17, 15) is 4.79 Å². The van der Waals surface area contributed by atoms with Crippen LogP contribution >= 0.6 is 0 Å². The maximum atomic E-state index is 12.0. The molecule has 1 aromatic carbocycles. The molecule has 5 nitrogen and oxygen atoms in total. The molecule has 0 aliphatic rings. The van der Waals surface area contributed by atoms with E-state index in [-0.39, 0.29) is 0 Å². The maximum Gasteiger partial charge on any atom is 0.463 e. The van der Waals surface area contributed by atoms with Crippen LogP contribution in [0.5, 0.6) is 0 Å². The number of hydrogen-bond acceptors (Lipinski definition) is 5. The van der Waals surface area contributed by atoms with Gasteiger partial charge in [-0.3, -0.25) is 14.2 Å². The Morgan fingerprint density at radius 2 is 1.42 bits per heavy atom. The molecule has 0 saturated carbocycles. The van der Waals surface area contributed by atoms with E-state index in [4.69, 9.17) is 18.9 Å². The molecule has 1 rings (SSSR count). The second-order valence-electron chi connectivity index (χ2n) is 3.55. The minimum Gasteiger partial charge on any atom is -0.380 e. The van der Waals surface area contributed by atoms with Gasteiger partial charge in [0.1, 0.15) is 0 Å². The van der Waals surface area contributed by atoms with Crippen molar-refractivity contribution in [3.05, 3.63) is 35.9 Å². The van der Waals surface area contributed by atoms with Crippen LogP contribution in [-0.4, -0.2) is 31.9 Å². The minimum absolute atomic E-state index is 0.294. The Labute approximate surface area is 113 Å². The number of hydrogen-bond donors (Lipinski definition) is 0. The van der Waals surface area contributed by atoms with Crippen molar-refractivity contribution in [1.29, 1.82) is 0 Å². The van der Waals surface area contributed by atoms with Gasteiger partial charge >= 0.3 is 12.1 Å². The lowest BCUT2D eigenvalue weighted by Crippen LogP contribution is -2.44. The molecule has 0 radical (unpaired) electrons. The lowest BCUT2D eigenvalue weighted by Gasteiger charge is -2.30. The van der Waals surface area contributed by atoms with Crippen molar-refractivity contribution in [2.75, 3.05) is 19.8 Å². The molecule has 0 aliphatic carbocycles. The zero-order valence-corrected chi connectivity index (χ0v) is 11.5. The summed E-state index contributed by atoms with van der Waals surface area (Å²) in [5, 5.41) is 0. The van der Waals surface area contributed by atoms with Crippen LogP contribution in [0, 0.1) is 0 Å². The van der Waals surface area contributed by atoms with E-state index in [1.807, 2.05) is 6.07 Å². The highest BCUT2D eigenvalue weighted by atomic mass is 17.0. The summed E-state index contributed by atoms with van der Waals surface area (Å²) in [6.45, 7) is 6.18. The molecule has 19 heavy (non-hydrogen) atoms. The lowest BCUT2D eigenvalue weighted by molar-refractivity contribution is -0.476. The van der Waals surface area contributed by atoms with E-state index in [1.54, 1.807) is 45.0 Å². The van der Waals surface area contributed by atoms with Crippen LogP contribution in [0.25, 0.3) is 0 Å². The summed E-state index contributed by atoms with van der Waals surface area (Å²) < 4.78 is 21.2. The minimum atomic E-state index is -1.77. The lowest BCUT2D eigenvalue weighted by atomic mass is 10.2. The number of ether oxygens (including phenoxy) is 4. The smallest absolute Gasteiger partial charge is 0.380 e. The van der Waals surface area contributed by atoms with Crippen LogP contribution in [0.15, 0.2) is 30.3 Å². The van der Waals surface area contributed by atoms with E-state index in [0.717, 1.165) is 0 Å². The Morgan fingerprint density at radius 1 is 0.947 bits per heavy atom. The predicted molar refractivity (Wildman–Crippen MR) is 69.5 cm³/mol. The molecule has 106 valence electrons. The van der Waals surface area contributed by atoms with Crippen molar-refractivity contribution in [2.24, 2.45) is 0 Å². The van der Waals surface area contributed by atoms with Crippen molar-refractivity contribution in [2.45, 2.75) is 26.9 Å². The summed E-state index contributed by atoms with van der Waals surface area (Å²) in [7, 11) is 0. The summed E-state index contributed by atoms with van der Waals surface area (Å²) in [6.07, 6.45) is -1.77. The third-order valence-corrected chi connectivity index (χ3v) is 2.19. The summed E-state index contributed by atoms with van der Waals surface area (Å²) in [5.41, 5.74) is 0.408. The first-order chi connectivity index (χ1) is 9.17. The zero-order valence-electron chi connectivity index (χ0n) is 11.5. The van der Waals surface area contributed by atoms with E-state index in [0.29, 0.717) is 25.4 Å². The van der Waals surface area contributed by atoms with Gasteiger partial charge in [0.2, 0.25) is 0 Å².